The van der Waals surface area contributed by atoms with Crippen molar-refractivity contribution in [3.05, 3.63) is 70.8 Å². The Hall–Kier alpha value is -1.01. The van der Waals surface area contributed by atoms with Crippen LogP contribution >= 0.6 is 35.7 Å². The van der Waals surface area contributed by atoms with Crippen LogP contribution in [0.3, 0.4) is 0 Å². The zero-order valence-electron chi connectivity index (χ0n) is 13.0. The predicted octanol–water partition coefficient (Wildman–Crippen LogP) is 5.03. The molecule has 1 aliphatic heterocycles. The fourth-order valence-electron chi connectivity index (χ4n) is 2.81. The van der Waals surface area contributed by atoms with Crippen LogP contribution in [-0.2, 0) is 0 Å². The topological polar surface area (TPSA) is 24.4 Å². The van der Waals surface area contributed by atoms with Gasteiger partial charge in [-0.3, -0.25) is 4.99 Å². The maximum atomic E-state index is 4.87. The van der Waals surface area contributed by atoms with Gasteiger partial charge >= 0.3 is 0 Å². The molecule has 0 amide bonds. The van der Waals surface area contributed by atoms with Crippen LogP contribution in [0.25, 0.3) is 0 Å². The second-order valence-corrected chi connectivity index (χ2v) is 6.33. The molecule has 0 radical (unpaired) electrons. The van der Waals surface area contributed by atoms with Crippen molar-refractivity contribution in [2.75, 3.05) is 6.26 Å². The first-order valence-corrected chi connectivity index (χ1v) is 8.41. The maximum absolute atomic E-state index is 4.87. The summed E-state index contributed by atoms with van der Waals surface area (Å²) in [5, 5.41) is 4.59. The number of hydrogen-bond donors (Lipinski definition) is 1. The number of halogens is 1. The molecule has 22 heavy (non-hydrogen) atoms. The summed E-state index contributed by atoms with van der Waals surface area (Å²) in [6, 6.07) is 17.7. The van der Waals surface area contributed by atoms with Crippen LogP contribution < -0.4 is 5.32 Å². The van der Waals surface area contributed by atoms with E-state index < -0.39 is 0 Å². The lowest BCUT2D eigenvalue weighted by atomic mass is 9.93. The third kappa shape index (κ3) is 3.66. The summed E-state index contributed by atoms with van der Waals surface area (Å²) in [7, 11) is 0. The van der Waals surface area contributed by atoms with Gasteiger partial charge in [-0.25, -0.2) is 0 Å². The Morgan fingerprint density at radius 1 is 0.955 bits per heavy atom. The van der Waals surface area contributed by atoms with Crippen molar-refractivity contribution < 1.29 is 0 Å². The van der Waals surface area contributed by atoms with Crippen LogP contribution in [-0.4, -0.2) is 11.4 Å². The first-order valence-electron chi connectivity index (χ1n) is 7.19. The molecule has 1 N–H and O–H groups in total. The minimum Gasteiger partial charge on any atom is -0.356 e. The molecule has 4 heteroatoms. The van der Waals surface area contributed by atoms with E-state index in [1.54, 1.807) is 11.8 Å². The average Bonchev–Trinajstić information content (AvgIpc) is 2.91. The van der Waals surface area contributed by atoms with Crippen molar-refractivity contribution in [2.45, 2.75) is 25.9 Å². The second kappa shape index (κ2) is 7.51. The molecule has 2 atom stereocenters. The third-order valence-corrected chi connectivity index (χ3v) is 4.44. The van der Waals surface area contributed by atoms with Crippen LogP contribution in [0.5, 0.6) is 0 Å². The zero-order valence-corrected chi connectivity index (χ0v) is 16.2. The van der Waals surface area contributed by atoms with E-state index in [1.165, 1.54) is 22.3 Å². The smallest absolute Gasteiger partial charge is 0.157 e. The van der Waals surface area contributed by atoms with Crippen molar-refractivity contribution in [1.29, 1.82) is 0 Å². The van der Waals surface area contributed by atoms with Crippen LogP contribution in [0.15, 0.2) is 53.5 Å². The highest BCUT2D eigenvalue weighted by atomic mass is 127. The monoisotopic (exact) mass is 424 g/mol. The van der Waals surface area contributed by atoms with Crippen LogP contribution in [0.1, 0.15) is 34.3 Å². The molecule has 0 saturated carbocycles. The summed E-state index contributed by atoms with van der Waals surface area (Å²) in [5.74, 6) is 0. The summed E-state index contributed by atoms with van der Waals surface area (Å²) < 4.78 is 0. The summed E-state index contributed by atoms with van der Waals surface area (Å²) in [4.78, 5) is 4.87. The van der Waals surface area contributed by atoms with Gasteiger partial charge in [0.25, 0.3) is 0 Å². The molecule has 0 saturated heterocycles. The Labute approximate surface area is 153 Å². The van der Waals surface area contributed by atoms with E-state index in [-0.39, 0.29) is 36.1 Å². The normalized spacial score (nSPS) is 20.0. The largest absolute Gasteiger partial charge is 0.356 e. The Morgan fingerprint density at radius 2 is 1.55 bits per heavy atom. The first kappa shape index (κ1) is 17.3. The first-order chi connectivity index (χ1) is 10.2. The van der Waals surface area contributed by atoms with Crippen LogP contribution in [0.2, 0.25) is 0 Å². The summed E-state index contributed by atoms with van der Waals surface area (Å²) in [6.07, 6.45) is 2.07. The fourth-order valence-corrected chi connectivity index (χ4v) is 3.28. The van der Waals surface area contributed by atoms with Crippen molar-refractivity contribution in [3.8, 4) is 0 Å². The van der Waals surface area contributed by atoms with Crippen LogP contribution in [0, 0.1) is 13.8 Å². The van der Waals surface area contributed by atoms with Gasteiger partial charge in [0.1, 0.15) is 6.04 Å². The SMILES string of the molecule is CSC1=NC(c2cccc(C)c2)C(c2cccc(C)c2)N1.I. The predicted molar refractivity (Wildman–Crippen MR) is 107 cm³/mol. The van der Waals surface area contributed by atoms with Crippen molar-refractivity contribution >= 4 is 40.9 Å². The van der Waals surface area contributed by atoms with Gasteiger partial charge in [-0.05, 0) is 31.2 Å². The number of nitrogens with one attached hydrogen (secondary N) is 1. The maximum Gasteiger partial charge on any atom is 0.157 e. The minimum atomic E-state index is 0. The van der Waals surface area contributed by atoms with Gasteiger partial charge in [0.2, 0.25) is 0 Å². The molecule has 2 aromatic carbocycles. The molecule has 0 fully saturated rings. The molecule has 1 aliphatic rings. The molecule has 116 valence electrons. The number of aryl methyl sites for hydroxylation is 2. The van der Waals surface area contributed by atoms with Gasteiger partial charge < -0.3 is 5.32 Å². The Balaban J connectivity index is 0.00000176. The van der Waals surface area contributed by atoms with Gasteiger partial charge in [-0.15, -0.1) is 24.0 Å². The van der Waals surface area contributed by atoms with Gasteiger partial charge in [-0.1, -0.05) is 71.4 Å². The van der Waals surface area contributed by atoms with Crippen molar-refractivity contribution in [3.63, 3.8) is 0 Å². The fraction of sp³-hybridized carbons (Fsp3) is 0.278. The standard InChI is InChI=1S/C18H20N2S.HI/c1-12-6-4-8-14(10-12)16-17(20-18(19-16)21-3)15-9-5-7-13(2)11-15;/h4-11,16-17H,1-3H3,(H,19,20);1H. The van der Waals surface area contributed by atoms with Crippen LogP contribution in [0.4, 0.5) is 0 Å². The quantitative estimate of drug-likeness (QED) is 0.685. The van der Waals surface area contributed by atoms with E-state index in [0.717, 1.165) is 5.17 Å². The average molecular weight is 424 g/mol. The minimum absolute atomic E-state index is 0. The third-order valence-electron chi connectivity index (χ3n) is 3.83. The van der Waals surface area contributed by atoms with E-state index >= 15 is 0 Å². The number of nitrogens with zero attached hydrogens (tertiary/aromatic N) is 1. The van der Waals surface area contributed by atoms with Crippen molar-refractivity contribution in [1.82, 2.24) is 5.32 Å². The molecule has 3 rings (SSSR count). The summed E-state index contributed by atoms with van der Waals surface area (Å²) in [5.41, 5.74) is 5.14. The zero-order chi connectivity index (χ0) is 14.8. The van der Waals surface area contributed by atoms with E-state index in [9.17, 15) is 0 Å². The highest BCUT2D eigenvalue weighted by Gasteiger charge is 2.30. The Morgan fingerprint density at radius 3 is 2.14 bits per heavy atom. The van der Waals surface area contributed by atoms with Gasteiger partial charge in [0.15, 0.2) is 5.17 Å². The number of hydrogen-bond acceptors (Lipinski definition) is 3. The second-order valence-electron chi connectivity index (χ2n) is 5.53. The van der Waals surface area contributed by atoms with E-state index in [1.807, 2.05) is 0 Å². The lowest BCUT2D eigenvalue weighted by molar-refractivity contribution is 0.572. The highest BCUT2D eigenvalue weighted by molar-refractivity contribution is 14.0. The molecule has 2 nitrogen and oxygen atoms in total. The Kier molecular flexibility index (Phi) is 5.92. The molecule has 0 spiro atoms. The molecular formula is C18H21IN2S. The molecule has 2 unspecified atom stereocenters. The molecular weight excluding hydrogens is 403 g/mol. The summed E-state index contributed by atoms with van der Waals surface area (Å²) in [6.45, 7) is 4.27. The number of amidine groups is 1. The molecule has 0 aliphatic carbocycles. The lowest BCUT2D eigenvalue weighted by Crippen LogP contribution is -2.22. The molecule has 1 heterocycles. The summed E-state index contributed by atoms with van der Waals surface area (Å²) >= 11 is 1.68. The molecule has 0 bridgehead atoms. The number of benzene rings is 2. The number of rotatable bonds is 2. The highest BCUT2D eigenvalue weighted by Crippen LogP contribution is 2.37. The molecule has 2 aromatic rings. The van der Waals surface area contributed by atoms with E-state index in [2.05, 4.69) is 74.0 Å². The number of thioether (sulfide) groups is 1. The van der Waals surface area contributed by atoms with Gasteiger partial charge in [0.05, 0.1) is 6.04 Å². The van der Waals surface area contributed by atoms with E-state index in [0.29, 0.717) is 0 Å². The van der Waals surface area contributed by atoms with Gasteiger partial charge in [-0.2, -0.15) is 0 Å². The van der Waals surface area contributed by atoms with E-state index in [4.69, 9.17) is 4.99 Å². The van der Waals surface area contributed by atoms with Crippen molar-refractivity contribution in [2.24, 2.45) is 4.99 Å². The molecule has 0 aromatic heterocycles. The lowest BCUT2D eigenvalue weighted by Gasteiger charge is -2.20. The number of aliphatic imine (C=N–C) groups is 1. The Bertz CT molecular complexity index is 684. The van der Waals surface area contributed by atoms with Gasteiger partial charge in [0, 0.05) is 0 Å².